The molecule has 2 nitrogen and oxygen atoms in total. The van der Waals surface area contributed by atoms with Gasteiger partial charge in [-0.05, 0) is 16.7 Å². The highest BCUT2D eigenvalue weighted by Crippen LogP contribution is 2.69. The molecule has 1 aliphatic rings. The molecule has 0 bridgehead atoms. The molecule has 1 aromatic rings. The maximum atomic E-state index is 10.5. The van der Waals surface area contributed by atoms with Crippen LogP contribution < -0.4 is 0 Å². The number of thiazole rings is 1. The first-order valence-electron chi connectivity index (χ1n) is 7.11. The summed E-state index contributed by atoms with van der Waals surface area (Å²) in [6, 6.07) is 0. The molecule has 1 heterocycles. The summed E-state index contributed by atoms with van der Waals surface area (Å²) in [6.07, 6.45) is 0.419. The van der Waals surface area contributed by atoms with E-state index in [0.29, 0.717) is 12.3 Å². The van der Waals surface area contributed by atoms with E-state index in [9.17, 15) is 5.11 Å². The van der Waals surface area contributed by atoms with Crippen LogP contribution in [0.25, 0.3) is 0 Å². The second kappa shape index (κ2) is 4.29. The molecule has 0 radical (unpaired) electrons. The Morgan fingerprint density at radius 3 is 2.16 bits per heavy atom. The minimum Gasteiger partial charge on any atom is -0.392 e. The minimum absolute atomic E-state index is 0.0951. The van der Waals surface area contributed by atoms with E-state index in [4.69, 9.17) is 0 Å². The van der Waals surface area contributed by atoms with E-state index in [-0.39, 0.29) is 22.3 Å². The Morgan fingerprint density at radius 1 is 1.26 bits per heavy atom. The van der Waals surface area contributed by atoms with Crippen LogP contribution in [0.15, 0.2) is 5.38 Å². The third-order valence-corrected chi connectivity index (χ3v) is 6.09. The first kappa shape index (κ1) is 15.0. The molecule has 0 aliphatic heterocycles. The van der Waals surface area contributed by atoms with E-state index in [1.807, 2.05) is 0 Å². The monoisotopic (exact) mass is 281 g/mol. The molecule has 0 spiro atoms. The van der Waals surface area contributed by atoms with E-state index in [0.717, 1.165) is 10.7 Å². The molecule has 108 valence electrons. The van der Waals surface area contributed by atoms with Crippen molar-refractivity contribution in [1.29, 1.82) is 0 Å². The molecule has 19 heavy (non-hydrogen) atoms. The van der Waals surface area contributed by atoms with Crippen LogP contribution in [0.1, 0.15) is 59.2 Å². The highest BCUT2D eigenvalue weighted by molar-refractivity contribution is 7.09. The third-order valence-electron chi connectivity index (χ3n) is 5.22. The van der Waals surface area contributed by atoms with Gasteiger partial charge in [-0.1, -0.05) is 48.5 Å². The Bertz CT molecular complexity index is 453. The van der Waals surface area contributed by atoms with Gasteiger partial charge in [-0.3, -0.25) is 0 Å². The van der Waals surface area contributed by atoms with Gasteiger partial charge in [0.05, 0.1) is 16.8 Å². The molecule has 0 amide bonds. The lowest BCUT2D eigenvalue weighted by molar-refractivity contribution is 0.129. The quantitative estimate of drug-likeness (QED) is 0.907. The normalized spacial score (nSPS) is 23.4. The Kier molecular flexibility index (Phi) is 3.38. The average Bonchev–Trinajstić information content (AvgIpc) is 2.60. The molecule has 1 atom stereocenters. The summed E-state index contributed by atoms with van der Waals surface area (Å²) >= 11 is 1.68. The summed E-state index contributed by atoms with van der Waals surface area (Å²) in [4.78, 5) is 4.69. The summed E-state index contributed by atoms with van der Waals surface area (Å²) in [7, 11) is 0. The number of aromatic nitrogens is 1. The van der Waals surface area contributed by atoms with Crippen LogP contribution in [0.4, 0.5) is 0 Å². The highest BCUT2D eigenvalue weighted by Gasteiger charge is 2.66. The summed E-state index contributed by atoms with van der Waals surface area (Å²) in [6.45, 7) is 15.5. The van der Waals surface area contributed by atoms with Gasteiger partial charge >= 0.3 is 0 Å². The smallest absolute Gasteiger partial charge is 0.0954 e. The minimum atomic E-state index is -0.274. The zero-order valence-corrected chi connectivity index (χ0v) is 14.1. The highest BCUT2D eigenvalue weighted by atomic mass is 32.1. The van der Waals surface area contributed by atoms with Gasteiger partial charge in [-0.15, -0.1) is 11.3 Å². The van der Waals surface area contributed by atoms with Crippen molar-refractivity contribution in [3.05, 3.63) is 16.1 Å². The SMILES string of the molecule is CC(C)(C)c1csc(CC(O)C2C(C)(C)C2(C)C)n1. The fourth-order valence-electron chi connectivity index (χ4n) is 3.26. The molecule has 0 saturated heterocycles. The van der Waals surface area contributed by atoms with Crippen LogP contribution in [0.3, 0.4) is 0 Å². The molecule has 1 N–H and O–H groups in total. The van der Waals surface area contributed by atoms with Crippen molar-refractivity contribution in [2.45, 2.75) is 66.4 Å². The number of nitrogens with zero attached hydrogens (tertiary/aromatic N) is 1. The Labute approximate surface area is 121 Å². The predicted octanol–water partition coefficient (Wildman–Crippen LogP) is 4.03. The lowest BCUT2D eigenvalue weighted by Crippen LogP contribution is -2.18. The van der Waals surface area contributed by atoms with Crippen molar-refractivity contribution in [2.24, 2.45) is 16.7 Å². The lowest BCUT2D eigenvalue weighted by atomic mass is 9.93. The molecule has 0 aromatic carbocycles. The van der Waals surface area contributed by atoms with Crippen molar-refractivity contribution in [3.8, 4) is 0 Å². The van der Waals surface area contributed by atoms with Crippen LogP contribution in [-0.2, 0) is 11.8 Å². The number of hydrogen-bond donors (Lipinski definition) is 1. The Morgan fingerprint density at radius 2 is 1.79 bits per heavy atom. The van der Waals surface area contributed by atoms with Gasteiger partial charge in [0, 0.05) is 17.2 Å². The van der Waals surface area contributed by atoms with Crippen LogP contribution in [0, 0.1) is 16.7 Å². The van der Waals surface area contributed by atoms with Crippen molar-refractivity contribution in [2.75, 3.05) is 0 Å². The molecule has 1 aliphatic carbocycles. The standard InChI is InChI=1S/C16H27NOS/c1-14(2,3)11-9-19-12(17-11)8-10(18)13-15(4,5)16(13,6)7/h9-10,13,18H,8H2,1-7H3. The first-order valence-corrected chi connectivity index (χ1v) is 7.99. The molecular formula is C16H27NOS. The van der Waals surface area contributed by atoms with E-state index in [1.54, 1.807) is 11.3 Å². The molecule has 2 rings (SSSR count). The number of rotatable bonds is 3. The van der Waals surface area contributed by atoms with Crippen LogP contribution in [0.2, 0.25) is 0 Å². The van der Waals surface area contributed by atoms with Gasteiger partial charge in [-0.25, -0.2) is 4.98 Å². The predicted molar refractivity (Wildman–Crippen MR) is 81.6 cm³/mol. The lowest BCUT2D eigenvalue weighted by Gasteiger charge is -2.14. The van der Waals surface area contributed by atoms with Gasteiger partial charge in [0.15, 0.2) is 0 Å². The fraction of sp³-hybridized carbons (Fsp3) is 0.812. The molecular weight excluding hydrogens is 254 g/mol. The Hall–Kier alpha value is -0.410. The largest absolute Gasteiger partial charge is 0.392 e. The van der Waals surface area contributed by atoms with E-state index in [2.05, 4.69) is 58.8 Å². The molecule has 1 fully saturated rings. The summed E-state index contributed by atoms with van der Waals surface area (Å²) in [5.74, 6) is 0.377. The zero-order valence-electron chi connectivity index (χ0n) is 13.2. The number of hydrogen-bond acceptors (Lipinski definition) is 3. The second-order valence-corrected chi connectivity index (χ2v) is 9.01. The fourth-order valence-corrected chi connectivity index (χ4v) is 4.33. The first-order chi connectivity index (χ1) is 8.48. The second-order valence-electron chi connectivity index (χ2n) is 8.07. The van der Waals surface area contributed by atoms with Crippen LogP contribution in [-0.4, -0.2) is 16.2 Å². The van der Waals surface area contributed by atoms with E-state index in [1.165, 1.54) is 0 Å². The van der Waals surface area contributed by atoms with Gasteiger partial charge < -0.3 is 5.11 Å². The zero-order chi connectivity index (χ0) is 14.6. The third kappa shape index (κ3) is 2.47. The van der Waals surface area contributed by atoms with E-state index >= 15 is 0 Å². The van der Waals surface area contributed by atoms with Gasteiger partial charge in [0.2, 0.25) is 0 Å². The molecule has 1 unspecified atom stereocenters. The molecule has 3 heteroatoms. The van der Waals surface area contributed by atoms with Crippen LogP contribution in [0.5, 0.6) is 0 Å². The van der Waals surface area contributed by atoms with Crippen molar-refractivity contribution in [3.63, 3.8) is 0 Å². The molecule has 1 saturated carbocycles. The van der Waals surface area contributed by atoms with E-state index < -0.39 is 0 Å². The van der Waals surface area contributed by atoms with Crippen molar-refractivity contribution < 1.29 is 5.11 Å². The Balaban J connectivity index is 2.05. The van der Waals surface area contributed by atoms with Gasteiger partial charge in [0.1, 0.15) is 0 Å². The topological polar surface area (TPSA) is 33.1 Å². The van der Waals surface area contributed by atoms with Gasteiger partial charge in [0.25, 0.3) is 0 Å². The van der Waals surface area contributed by atoms with Crippen molar-refractivity contribution >= 4 is 11.3 Å². The maximum Gasteiger partial charge on any atom is 0.0954 e. The average molecular weight is 281 g/mol. The molecule has 1 aromatic heterocycles. The summed E-state index contributed by atoms with van der Waals surface area (Å²) < 4.78 is 0. The number of aliphatic hydroxyl groups is 1. The van der Waals surface area contributed by atoms with Crippen LogP contribution >= 0.6 is 11.3 Å². The number of aliphatic hydroxyl groups excluding tert-OH is 1. The summed E-state index contributed by atoms with van der Waals surface area (Å²) in [5.41, 5.74) is 1.69. The maximum absolute atomic E-state index is 10.5. The summed E-state index contributed by atoms with van der Waals surface area (Å²) in [5, 5.41) is 13.7. The van der Waals surface area contributed by atoms with Crippen molar-refractivity contribution in [1.82, 2.24) is 4.98 Å². The van der Waals surface area contributed by atoms with Gasteiger partial charge in [-0.2, -0.15) is 0 Å².